The van der Waals surface area contributed by atoms with Gasteiger partial charge in [0.05, 0.1) is 18.4 Å². The number of benzene rings is 2. The smallest absolute Gasteiger partial charge is 0.339 e. The number of phenolic OH excluding ortho intramolecular Hbond substituents is 1. The van der Waals surface area contributed by atoms with E-state index in [-0.39, 0.29) is 29.0 Å². The fourth-order valence-corrected chi connectivity index (χ4v) is 5.75. The summed E-state index contributed by atoms with van der Waals surface area (Å²) in [5.74, 6) is -0.974. The van der Waals surface area contributed by atoms with E-state index in [0.29, 0.717) is 41.8 Å². The highest BCUT2D eigenvalue weighted by Crippen LogP contribution is 2.45. The van der Waals surface area contributed by atoms with Gasteiger partial charge in [-0.05, 0) is 41.8 Å². The molecule has 188 valence electrons. The standard InChI is InChI=1S/C26H22ClN5O5/c1-37-25(35)12-6-16-22-13(9-27)11-32(20(22)8-21(33)23(16)29-10-12)24(34)18-7-15-14-4-5-31(26(28)36)19(14)3-2-17(15)30-18/h2-3,6-8,10,13,30,33H,4-5,9,11H2,1H3,(H2,28,36)/t13-/m1/s1. The van der Waals surface area contributed by atoms with Gasteiger partial charge in [-0.1, -0.05) is 0 Å². The first-order chi connectivity index (χ1) is 17.8. The molecule has 0 radical (unpaired) electrons. The number of primary amides is 1. The summed E-state index contributed by atoms with van der Waals surface area (Å²) in [6.45, 7) is 0.782. The second-order valence-electron chi connectivity index (χ2n) is 9.15. The minimum absolute atomic E-state index is 0.112. The maximum atomic E-state index is 13.8. The number of hydrogen-bond acceptors (Lipinski definition) is 6. The molecule has 0 unspecified atom stereocenters. The monoisotopic (exact) mass is 519 g/mol. The molecule has 0 saturated carbocycles. The van der Waals surface area contributed by atoms with Gasteiger partial charge in [-0.25, -0.2) is 9.59 Å². The second kappa shape index (κ2) is 8.38. The topological polar surface area (TPSA) is 142 Å². The highest BCUT2D eigenvalue weighted by atomic mass is 35.5. The molecule has 4 aromatic rings. The average molecular weight is 520 g/mol. The number of aromatic nitrogens is 2. The minimum atomic E-state index is -0.555. The molecule has 4 N–H and O–H groups in total. The maximum absolute atomic E-state index is 13.8. The lowest BCUT2D eigenvalue weighted by Crippen LogP contribution is -2.33. The number of nitrogens with two attached hydrogens (primary N) is 1. The van der Waals surface area contributed by atoms with Gasteiger partial charge in [0.2, 0.25) is 0 Å². The van der Waals surface area contributed by atoms with Crippen molar-refractivity contribution >= 4 is 62.7 Å². The van der Waals surface area contributed by atoms with E-state index in [2.05, 4.69) is 9.97 Å². The van der Waals surface area contributed by atoms with Crippen LogP contribution in [0.4, 0.5) is 16.2 Å². The summed E-state index contributed by atoms with van der Waals surface area (Å²) in [5, 5.41) is 12.1. The van der Waals surface area contributed by atoms with Gasteiger partial charge in [0.15, 0.2) is 0 Å². The number of rotatable bonds is 3. The molecule has 3 amide bonds. The summed E-state index contributed by atoms with van der Waals surface area (Å²) in [4.78, 5) is 48.2. The van der Waals surface area contributed by atoms with Crippen LogP contribution in [0.25, 0.3) is 21.8 Å². The first kappa shape index (κ1) is 23.1. The number of H-pyrrole nitrogens is 1. The summed E-state index contributed by atoms with van der Waals surface area (Å²) < 4.78 is 4.82. The Labute approximate surface area is 215 Å². The molecular weight excluding hydrogens is 498 g/mol. The molecule has 4 heterocycles. The lowest BCUT2D eigenvalue weighted by Gasteiger charge is -2.17. The van der Waals surface area contributed by atoms with E-state index in [0.717, 1.165) is 27.7 Å². The van der Waals surface area contributed by atoms with E-state index >= 15 is 0 Å². The maximum Gasteiger partial charge on any atom is 0.339 e. The number of nitrogens with one attached hydrogen (secondary N) is 1. The van der Waals surface area contributed by atoms with Crippen LogP contribution in [0.3, 0.4) is 0 Å². The zero-order valence-electron chi connectivity index (χ0n) is 19.7. The number of ether oxygens (including phenoxy) is 1. The second-order valence-corrected chi connectivity index (χ2v) is 9.46. The number of methoxy groups -OCH3 is 1. The van der Waals surface area contributed by atoms with Gasteiger partial charge >= 0.3 is 12.0 Å². The molecule has 0 spiro atoms. The van der Waals surface area contributed by atoms with Crippen LogP contribution in [0.5, 0.6) is 5.75 Å². The minimum Gasteiger partial charge on any atom is -0.506 e. The van der Waals surface area contributed by atoms with Crippen molar-refractivity contribution in [3.63, 3.8) is 0 Å². The number of urea groups is 1. The number of halogens is 1. The summed E-state index contributed by atoms with van der Waals surface area (Å²) in [6, 6.07) is 8.04. The zero-order valence-corrected chi connectivity index (χ0v) is 20.5. The number of esters is 1. The molecule has 0 aliphatic carbocycles. The Morgan fingerprint density at radius 1 is 1.19 bits per heavy atom. The number of phenols is 1. The predicted molar refractivity (Wildman–Crippen MR) is 139 cm³/mol. The summed E-state index contributed by atoms with van der Waals surface area (Å²) in [6.07, 6.45) is 1.98. The quantitative estimate of drug-likeness (QED) is 0.279. The molecule has 2 aromatic heterocycles. The summed E-state index contributed by atoms with van der Waals surface area (Å²) >= 11 is 6.33. The molecule has 2 aromatic carbocycles. The normalized spacial score (nSPS) is 16.3. The van der Waals surface area contributed by atoms with Crippen LogP contribution >= 0.6 is 11.6 Å². The van der Waals surface area contributed by atoms with E-state index in [1.165, 1.54) is 24.3 Å². The van der Waals surface area contributed by atoms with Gasteiger partial charge < -0.3 is 25.5 Å². The van der Waals surface area contributed by atoms with Crippen LogP contribution in [-0.4, -0.2) is 59.1 Å². The first-order valence-corrected chi connectivity index (χ1v) is 12.2. The van der Waals surface area contributed by atoms with E-state index in [4.69, 9.17) is 22.1 Å². The zero-order chi connectivity index (χ0) is 26.0. The molecule has 0 saturated heterocycles. The fourth-order valence-electron chi connectivity index (χ4n) is 5.50. The van der Waals surface area contributed by atoms with Crippen LogP contribution in [0.1, 0.15) is 37.9 Å². The molecule has 2 aliphatic rings. The van der Waals surface area contributed by atoms with Gasteiger partial charge in [0.1, 0.15) is 17.0 Å². The molecule has 0 fully saturated rings. The molecule has 10 nitrogen and oxygen atoms in total. The number of pyridine rings is 1. The molecule has 0 bridgehead atoms. The largest absolute Gasteiger partial charge is 0.506 e. The van der Waals surface area contributed by atoms with Crippen molar-refractivity contribution in [2.45, 2.75) is 12.3 Å². The molecule has 6 rings (SSSR count). The van der Waals surface area contributed by atoms with Crippen molar-refractivity contribution in [2.75, 3.05) is 35.9 Å². The average Bonchev–Trinajstić information content (AvgIpc) is 3.62. The highest BCUT2D eigenvalue weighted by Gasteiger charge is 2.36. The summed E-state index contributed by atoms with van der Waals surface area (Å²) in [7, 11) is 1.28. The molecule has 37 heavy (non-hydrogen) atoms. The number of alkyl halides is 1. The van der Waals surface area contributed by atoms with Crippen molar-refractivity contribution in [1.29, 1.82) is 0 Å². The van der Waals surface area contributed by atoms with Crippen LogP contribution in [-0.2, 0) is 11.2 Å². The number of anilines is 2. The third kappa shape index (κ3) is 3.40. The van der Waals surface area contributed by atoms with Crippen LogP contribution in [0.15, 0.2) is 36.5 Å². The number of carbonyl (C=O) groups is 3. The Kier molecular flexibility index (Phi) is 5.23. The van der Waals surface area contributed by atoms with E-state index in [1.54, 1.807) is 17.0 Å². The number of nitrogens with zero attached hydrogens (tertiary/aromatic N) is 3. The predicted octanol–water partition coefficient (Wildman–Crippen LogP) is 3.63. The van der Waals surface area contributed by atoms with Gasteiger partial charge in [0.25, 0.3) is 5.91 Å². The fraction of sp³-hybridized carbons (Fsp3) is 0.231. The van der Waals surface area contributed by atoms with E-state index in [1.807, 2.05) is 12.1 Å². The number of carbonyl (C=O) groups excluding carboxylic acids is 3. The Hall–Kier alpha value is -4.31. The molecule has 11 heteroatoms. The Morgan fingerprint density at radius 3 is 2.73 bits per heavy atom. The van der Waals surface area contributed by atoms with Gasteiger partial charge in [-0.15, -0.1) is 11.6 Å². The number of aromatic amines is 1. The summed E-state index contributed by atoms with van der Waals surface area (Å²) in [5.41, 5.74) is 10.1. The van der Waals surface area contributed by atoms with Gasteiger partial charge in [-0.2, -0.15) is 0 Å². The van der Waals surface area contributed by atoms with Crippen molar-refractivity contribution < 1.29 is 24.2 Å². The third-order valence-electron chi connectivity index (χ3n) is 7.19. The molecule has 1 atom stereocenters. The number of hydrogen-bond donors (Lipinski definition) is 3. The van der Waals surface area contributed by atoms with E-state index in [9.17, 15) is 19.5 Å². The van der Waals surface area contributed by atoms with Crippen molar-refractivity contribution in [1.82, 2.24) is 9.97 Å². The van der Waals surface area contributed by atoms with Crippen LogP contribution in [0.2, 0.25) is 0 Å². The third-order valence-corrected chi connectivity index (χ3v) is 7.56. The van der Waals surface area contributed by atoms with Crippen molar-refractivity contribution in [3.8, 4) is 5.75 Å². The lowest BCUT2D eigenvalue weighted by molar-refractivity contribution is 0.0600. The SMILES string of the molecule is COC(=O)c1cnc2c(O)cc3c(c2c1)[C@H](CCl)CN3C(=O)c1cc2c3c(ccc2[nH]1)N(C(N)=O)CC3. The van der Waals surface area contributed by atoms with Crippen molar-refractivity contribution in [2.24, 2.45) is 5.73 Å². The first-order valence-electron chi connectivity index (χ1n) is 11.7. The van der Waals surface area contributed by atoms with Crippen molar-refractivity contribution in [3.05, 3.63) is 58.9 Å². The number of aromatic hydroxyl groups is 1. The van der Waals surface area contributed by atoms with Gasteiger partial charge in [-0.3, -0.25) is 14.7 Å². The lowest BCUT2D eigenvalue weighted by atomic mass is 9.97. The Morgan fingerprint density at radius 2 is 2.00 bits per heavy atom. The van der Waals surface area contributed by atoms with Gasteiger partial charge in [0, 0.05) is 59.1 Å². The van der Waals surface area contributed by atoms with E-state index < -0.39 is 12.0 Å². The number of amides is 3. The van der Waals surface area contributed by atoms with Crippen LogP contribution < -0.4 is 15.5 Å². The Bertz CT molecular complexity index is 1650. The number of fused-ring (bicyclic) bond motifs is 6. The Balaban J connectivity index is 1.45. The molecule has 2 aliphatic heterocycles. The van der Waals surface area contributed by atoms with Crippen LogP contribution in [0, 0.1) is 0 Å². The highest BCUT2D eigenvalue weighted by molar-refractivity contribution is 6.19. The molecular formula is C26H22ClN5O5.